The SMILES string of the molecule is CCOc1ccc(N(Cc2c3ccccc3cc3ccccc23)C(=O)Nc2ccc(SC)cc2)cc1. The van der Waals surface area contributed by atoms with Gasteiger partial charge < -0.3 is 10.1 Å². The van der Waals surface area contributed by atoms with E-state index < -0.39 is 0 Å². The molecule has 180 valence electrons. The maximum atomic E-state index is 13.7. The van der Waals surface area contributed by atoms with Gasteiger partial charge in [-0.2, -0.15) is 0 Å². The standard InChI is InChI=1S/C31H28N2O2S/c1-3-35-26-16-14-25(15-17-26)33(31(34)32-24-12-18-27(36-2)19-13-24)21-30-28-10-6-4-8-22(28)20-23-9-5-7-11-29(23)30/h4-20H,3,21H2,1-2H3,(H,32,34). The van der Waals surface area contributed by atoms with Crippen LogP contribution < -0.4 is 15.0 Å². The van der Waals surface area contributed by atoms with Crippen molar-refractivity contribution in [3.63, 3.8) is 0 Å². The van der Waals surface area contributed by atoms with Gasteiger partial charge in [0.15, 0.2) is 0 Å². The van der Waals surface area contributed by atoms with Crippen molar-refractivity contribution in [2.45, 2.75) is 18.4 Å². The number of benzene rings is 5. The molecular weight excluding hydrogens is 464 g/mol. The van der Waals surface area contributed by atoms with E-state index in [1.165, 1.54) is 0 Å². The molecule has 2 amide bonds. The van der Waals surface area contributed by atoms with Crippen LogP contribution >= 0.6 is 11.8 Å². The minimum absolute atomic E-state index is 0.187. The Balaban J connectivity index is 1.57. The van der Waals surface area contributed by atoms with E-state index in [1.54, 1.807) is 16.7 Å². The molecule has 0 aliphatic carbocycles. The van der Waals surface area contributed by atoms with Gasteiger partial charge in [0.25, 0.3) is 0 Å². The van der Waals surface area contributed by atoms with Gasteiger partial charge in [0.1, 0.15) is 5.75 Å². The molecule has 0 atom stereocenters. The molecule has 0 unspecified atom stereocenters. The van der Waals surface area contributed by atoms with Crippen LogP contribution in [0, 0.1) is 0 Å². The lowest BCUT2D eigenvalue weighted by atomic mass is 9.96. The third-order valence-corrected chi connectivity index (χ3v) is 6.99. The predicted molar refractivity (Wildman–Crippen MR) is 152 cm³/mol. The molecule has 0 radical (unpaired) electrons. The summed E-state index contributed by atoms with van der Waals surface area (Å²) in [6.45, 7) is 2.98. The van der Waals surface area contributed by atoms with Crippen molar-refractivity contribution < 1.29 is 9.53 Å². The lowest BCUT2D eigenvalue weighted by molar-refractivity contribution is 0.256. The minimum Gasteiger partial charge on any atom is -0.494 e. The molecule has 0 aliphatic heterocycles. The molecule has 0 spiro atoms. The minimum atomic E-state index is -0.187. The van der Waals surface area contributed by atoms with Crippen molar-refractivity contribution in [1.29, 1.82) is 0 Å². The maximum absolute atomic E-state index is 13.7. The number of hydrogen-bond donors (Lipinski definition) is 1. The van der Waals surface area contributed by atoms with Gasteiger partial charge in [-0.15, -0.1) is 11.8 Å². The first-order chi connectivity index (χ1) is 17.7. The van der Waals surface area contributed by atoms with E-state index in [0.29, 0.717) is 13.2 Å². The number of nitrogens with zero attached hydrogens (tertiary/aromatic N) is 1. The van der Waals surface area contributed by atoms with E-state index in [2.05, 4.69) is 59.9 Å². The Kier molecular flexibility index (Phi) is 7.10. The zero-order valence-corrected chi connectivity index (χ0v) is 21.2. The summed E-state index contributed by atoms with van der Waals surface area (Å²) in [4.78, 5) is 16.7. The number of anilines is 2. The zero-order chi connectivity index (χ0) is 24.9. The summed E-state index contributed by atoms with van der Waals surface area (Å²) in [6.07, 6.45) is 2.04. The molecule has 0 aliphatic rings. The summed E-state index contributed by atoms with van der Waals surface area (Å²) >= 11 is 1.67. The van der Waals surface area contributed by atoms with Gasteiger partial charge in [-0.05, 0) is 94.9 Å². The molecule has 5 aromatic carbocycles. The van der Waals surface area contributed by atoms with Crippen LogP contribution in [0.2, 0.25) is 0 Å². The number of fused-ring (bicyclic) bond motifs is 2. The van der Waals surface area contributed by atoms with Gasteiger partial charge in [-0.25, -0.2) is 4.79 Å². The molecule has 4 nitrogen and oxygen atoms in total. The van der Waals surface area contributed by atoms with E-state index >= 15 is 0 Å². The number of hydrogen-bond acceptors (Lipinski definition) is 3. The quantitative estimate of drug-likeness (QED) is 0.183. The molecule has 0 aromatic heterocycles. The van der Waals surface area contributed by atoms with Gasteiger partial charge in [0.2, 0.25) is 0 Å². The zero-order valence-electron chi connectivity index (χ0n) is 20.4. The van der Waals surface area contributed by atoms with Crippen LogP contribution in [0.4, 0.5) is 16.2 Å². The number of carbonyl (C=O) groups excluding carboxylic acids is 1. The molecular formula is C31H28N2O2S. The summed E-state index contributed by atoms with van der Waals surface area (Å²) < 4.78 is 5.63. The monoisotopic (exact) mass is 492 g/mol. The fourth-order valence-corrected chi connectivity index (χ4v) is 4.88. The summed E-state index contributed by atoms with van der Waals surface area (Å²) in [7, 11) is 0. The van der Waals surface area contributed by atoms with Gasteiger partial charge in [0, 0.05) is 16.3 Å². The smallest absolute Gasteiger partial charge is 0.326 e. The van der Waals surface area contributed by atoms with E-state index in [4.69, 9.17) is 4.74 Å². The third kappa shape index (κ3) is 5.02. The molecule has 0 saturated heterocycles. The molecule has 0 bridgehead atoms. The van der Waals surface area contributed by atoms with E-state index in [-0.39, 0.29) is 6.03 Å². The topological polar surface area (TPSA) is 41.6 Å². The molecule has 36 heavy (non-hydrogen) atoms. The summed E-state index contributed by atoms with van der Waals surface area (Å²) in [5.41, 5.74) is 2.68. The van der Waals surface area contributed by atoms with E-state index in [1.807, 2.05) is 61.7 Å². The first-order valence-electron chi connectivity index (χ1n) is 12.0. The normalized spacial score (nSPS) is 10.9. The molecule has 1 N–H and O–H groups in total. The number of thioether (sulfide) groups is 1. The molecule has 0 heterocycles. The van der Waals surface area contributed by atoms with Gasteiger partial charge >= 0.3 is 6.03 Å². The second kappa shape index (κ2) is 10.8. The number of amides is 2. The Morgan fingerprint density at radius 2 is 1.44 bits per heavy atom. The van der Waals surface area contributed by atoms with E-state index in [0.717, 1.165) is 49.1 Å². The van der Waals surface area contributed by atoms with Crippen LogP contribution in [0.3, 0.4) is 0 Å². The van der Waals surface area contributed by atoms with Crippen molar-refractivity contribution in [2.75, 3.05) is 23.1 Å². The van der Waals surface area contributed by atoms with Crippen LogP contribution in [0.15, 0.2) is 108 Å². The lowest BCUT2D eigenvalue weighted by Crippen LogP contribution is -2.34. The fourth-order valence-electron chi connectivity index (χ4n) is 4.47. The Labute approximate surface area is 215 Å². The number of ether oxygens (including phenoxy) is 1. The first-order valence-corrected chi connectivity index (χ1v) is 13.2. The van der Waals surface area contributed by atoms with Crippen LogP contribution in [0.1, 0.15) is 12.5 Å². The lowest BCUT2D eigenvalue weighted by Gasteiger charge is -2.25. The third-order valence-electron chi connectivity index (χ3n) is 6.24. The Hall–Kier alpha value is -3.96. The number of nitrogens with one attached hydrogen (secondary N) is 1. The summed E-state index contributed by atoms with van der Waals surface area (Å²) in [6, 6.07) is 34.3. The van der Waals surface area contributed by atoms with Gasteiger partial charge in [0.05, 0.1) is 13.2 Å². The maximum Gasteiger partial charge on any atom is 0.326 e. The highest BCUT2D eigenvalue weighted by molar-refractivity contribution is 7.98. The molecule has 5 aromatic rings. The van der Waals surface area contributed by atoms with Crippen LogP contribution in [-0.2, 0) is 6.54 Å². The van der Waals surface area contributed by atoms with Gasteiger partial charge in [-0.1, -0.05) is 48.5 Å². The average molecular weight is 493 g/mol. The Morgan fingerprint density at radius 3 is 2.03 bits per heavy atom. The highest BCUT2D eigenvalue weighted by Gasteiger charge is 2.20. The van der Waals surface area contributed by atoms with Crippen molar-refractivity contribution in [1.82, 2.24) is 0 Å². The largest absolute Gasteiger partial charge is 0.494 e. The Morgan fingerprint density at radius 1 is 0.833 bits per heavy atom. The van der Waals surface area contributed by atoms with Crippen molar-refractivity contribution in [2.24, 2.45) is 0 Å². The van der Waals surface area contributed by atoms with E-state index in [9.17, 15) is 4.79 Å². The second-order valence-corrected chi connectivity index (χ2v) is 9.35. The first kappa shape index (κ1) is 23.8. The Bertz CT molecular complexity index is 1440. The van der Waals surface area contributed by atoms with Crippen molar-refractivity contribution >= 4 is 50.7 Å². The second-order valence-electron chi connectivity index (χ2n) is 8.47. The molecule has 0 fully saturated rings. The van der Waals surface area contributed by atoms with Crippen LogP contribution in [0.25, 0.3) is 21.5 Å². The van der Waals surface area contributed by atoms with Crippen molar-refractivity contribution in [3.05, 3.63) is 109 Å². The van der Waals surface area contributed by atoms with Crippen LogP contribution in [-0.4, -0.2) is 18.9 Å². The fraction of sp³-hybridized carbons (Fsp3) is 0.129. The predicted octanol–water partition coefficient (Wildman–Crippen LogP) is 8.35. The average Bonchev–Trinajstić information content (AvgIpc) is 2.92. The summed E-state index contributed by atoms with van der Waals surface area (Å²) in [5.74, 6) is 0.782. The van der Waals surface area contributed by atoms with Crippen LogP contribution in [0.5, 0.6) is 5.75 Å². The molecule has 5 rings (SSSR count). The molecule has 0 saturated carbocycles. The number of urea groups is 1. The number of carbonyl (C=O) groups is 1. The molecule has 5 heteroatoms. The highest BCUT2D eigenvalue weighted by Crippen LogP contribution is 2.32. The van der Waals surface area contributed by atoms with Gasteiger partial charge in [-0.3, -0.25) is 4.90 Å². The highest BCUT2D eigenvalue weighted by atomic mass is 32.2. The summed E-state index contributed by atoms with van der Waals surface area (Å²) in [5, 5.41) is 7.70. The van der Waals surface area contributed by atoms with Crippen molar-refractivity contribution in [3.8, 4) is 5.75 Å². The number of rotatable bonds is 7.